The maximum atomic E-state index is 5.78. The van der Waals surface area contributed by atoms with Crippen LogP contribution >= 0.6 is 0 Å². The molecule has 0 fully saturated rings. The third kappa shape index (κ3) is 2.67. The third-order valence-corrected chi connectivity index (χ3v) is 4.05. The van der Waals surface area contributed by atoms with Crippen LogP contribution in [0.5, 0.6) is 17.2 Å². The van der Waals surface area contributed by atoms with E-state index in [1.165, 1.54) is 0 Å². The number of H-pyrrole nitrogens is 1. The number of rotatable bonds is 6. The second-order valence-electron chi connectivity index (χ2n) is 5.40. The van der Waals surface area contributed by atoms with Gasteiger partial charge in [0, 0.05) is 18.1 Å². The molecule has 1 aromatic heterocycles. The van der Waals surface area contributed by atoms with Crippen molar-refractivity contribution in [2.75, 3.05) is 28.1 Å². The van der Waals surface area contributed by atoms with Crippen molar-refractivity contribution in [2.45, 2.75) is 6.92 Å². The average molecular weight is 327 g/mol. The van der Waals surface area contributed by atoms with E-state index < -0.39 is 0 Å². The highest BCUT2D eigenvalue weighted by Crippen LogP contribution is 2.42. The van der Waals surface area contributed by atoms with Gasteiger partial charge in [-0.1, -0.05) is 12.1 Å². The van der Waals surface area contributed by atoms with E-state index in [1.807, 2.05) is 36.4 Å². The molecule has 0 saturated heterocycles. The second kappa shape index (κ2) is 6.84. The first kappa shape index (κ1) is 16.2. The maximum Gasteiger partial charge on any atom is 0.188 e. The predicted octanol–water partition coefficient (Wildman–Crippen LogP) is 4.14. The molecule has 5 heteroatoms. The lowest BCUT2D eigenvalue weighted by Crippen LogP contribution is -2.01. The summed E-state index contributed by atoms with van der Waals surface area (Å²) in [5, 5.41) is 0.979. The number of ether oxygens (including phenoxy) is 4. The van der Waals surface area contributed by atoms with Crippen LogP contribution in [0, 0.1) is 6.92 Å². The molecule has 2 aromatic carbocycles. The van der Waals surface area contributed by atoms with E-state index in [2.05, 4.69) is 11.9 Å². The van der Waals surface area contributed by atoms with Crippen LogP contribution in [0.3, 0.4) is 0 Å². The number of methoxy groups -OCH3 is 3. The number of fused-ring (bicyclic) bond motifs is 1. The quantitative estimate of drug-likeness (QED) is 0.691. The Kier molecular flexibility index (Phi) is 4.62. The number of aryl methyl sites for hydroxylation is 1. The summed E-state index contributed by atoms with van der Waals surface area (Å²) in [4.78, 5) is 3.47. The Hall–Kier alpha value is -2.66. The van der Waals surface area contributed by atoms with E-state index in [0.29, 0.717) is 11.5 Å². The van der Waals surface area contributed by atoms with Gasteiger partial charge in [-0.25, -0.2) is 0 Å². The van der Waals surface area contributed by atoms with E-state index >= 15 is 0 Å². The van der Waals surface area contributed by atoms with Crippen LogP contribution in [0.25, 0.3) is 22.2 Å². The number of nitrogens with one attached hydrogen (secondary N) is 1. The minimum Gasteiger partial charge on any atom is -0.496 e. The van der Waals surface area contributed by atoms with Crippen molar-refractivity contribution >= 4 is 10.9 Å². The molecular weight excluding hydrogens is 306 g/mol. The molecule has 3 rings (SSSR count). The Morgan fingerprint density at radius 2 is 1.67 bits per heavy atom. The predicted molar refractivity (Wildman–Crippen MR) is 94.1 cm³/mol. The SMILES string of the molecule is COCOc1c(OC)ccc2[nH]c(-c3ccccc3OC)c(C)c12. The summed E-state index contributed by atoms with van der Waals surface area (Å²) in [6.45, 7) is 2.21. The van der Waals surface area contributed by atoms with Gasteiger partial charge < -0.3 is 23.9 Å². The normalized spacial score (nSPS) is 10.8. The van der Waals surface area contributed by atoms with Crippen LogP contribution in [0.2, 0.25) is 0 Å². The highest BCUT2D eigenvalue weighted by atomic mass is 16.7. The van der Waals surface area contributed by atoms with Gasteiger partial charge in [0.25, 0.3) is 0 Å². The van der Waals surface area contributed by atoms with Crippen LogP contribution < -0.4 is 14.2 Å². The van der Waals surface area contributed by atoms with Gasteiger partial charge in [0.1, 0.15) is 5.75 Å². The average Bonchev–Trinajstić information content (AvgIpc) is 2.96. The Balaban J connectivity index is 2.24. The van der Waals surface area contributed by atoms with Crippen molar-refractivity contribution in [3.63, 3.8) is 0 Å². The van der Waals surface area contributed by atoms with Crippen molar-refractivity contribution in [3.8, 4) is 28.5 Å². The molecule has 0 aliphatic heterocycles. The molecule has 0 aliphatic rings. The van der Waals surface area contributed by atoms with Crippen molar-refractivity contribution in [3.05, 3.63) is 42.0 Å². The minimum absolute atomic E-state index is 0.157. The first-order chi connectivity index (χ1) is 11.7. The van der Waals surface area contributed by atoms with Crippen molar-refractivity contribution in [1.29, 1.82) is 0 Å². The number of aromatic nitrogens is 1. The van der Waals surface area contributed by atoms with Crippen molar-refractivity contribution in [2.24, 2.45) is 0 Å². The molecular formula is C19H21NO4. The van der Waals surface area contributed by atoms with E-state index in [4.69, 9.17) is 18.9 Å². The van der Waals surface area contributed by atoms with Crippen molar-refractivity contribution in [1.82, 2.24) is 4.98 Å². The molecule has 0 bridgehead atoms. The van der Waals surface area contributed by atoms with Gasteiger partial charge in [0.2, 0.25) is 0 Å². The monoisotopic (exact) mass is 327 g/mol. The summed E-state index contributed by atoms with van der Waals surface area (Å²) >= 11 is 0. The van der Waals surface area contributed by atoms with Crippen LogP contribution in [0.4, 0.5) is 0 Å². The Morgan fingerprint density at radius 3 is 2.38 bits per heavy atom. The topological polar surface area (TPSA) is 52.7 Å². The molecule has 0 amide bonds. The highest BCUT2D eigenvalue weighted by Gasteiger charge is 2.19. The highest BCUT2D eigenvalue weighted by molar-refractivity contribution is 5.97. The summed E-state index contributed by atoms with van der Waals surface area (Å²) in [6, 6.07) is 11.8. The second-order valence-corrected chi connectivity index (χ2v) is 5.40. The maximum absolute atomic E-state index is 5.78. The van der Waals surface area contributed by atoms with Gasteiger partial charge in [-0.15, -0.1) is 0 Å². The molecule has 0 atom stereocenters. The zero-order chi connectivity index (χ0) is 17.1. The fourth-order valence-electron chi connectivity index (χ4n) is 2.94. The summed E-state index contributed by atoms with van der Waals surface area (Å²) in [6.07, 6.45) is 0. The number of benzene rings is 2. The van der Waals surface area contributed by atoms with Crippen LogP contribution in [-0.4, -0.2) is 33.1 Å². The van der Waals surface area contributed by atoms with Gasteiger partial charge >= 0.3 is 0 Å². The zero-order valence-electron chi connectivity index (χ0n) is 14.3. The van der Waals surface area contributed by atoms with E-state index in [1.54, 1.807) is 21.3 Å². The molecule has 3 aromatic rings. The molecule has 126 valence electrons. The smallest absolute Gasteiger partial charge is 0.188 e. The van der Waals surface area contributed by atoms with E-state index in [9.17, 15) is 0 Å². The van der Waals surface area contributed by atoms with Crippen molar-refractivity contribution < 1.29 is 18.9 Å². The third-order valence-electron chi connectivity index (χ3n) is 4.05. The number of hydrogen-bond acceptors (Lipinski definition) is 4. The van der Waals surface area contributed by atoms with Crippen LogP contribution in [-0.2, 0) is 4.74 Å². The molecule has 24 heavy (non-hydrogen) atoms. The standard InChI is InChI=1S/C19H21NO4/c1-12-17-14(9-10-16(23-4)19(17)24-11-21-2)20-18(12)13-7-5-6-8-15(13)22-3/h5-10,20H,11H2,1-4H3. The van der Waals surface area contributed by atoms with Gasteiger partial charge in [0.15, 0.2) is 18.3 Å². The Labute approximate surface area is 141 Å². The molecule has 5 nitrogen and oxygen atoms in total. The Morgan fingerprint density at radius 1 is 0.917 bits per heavy atom. The lowest BCUT2D eigenvalue weighted by atomic mass is 10.0. The molecule has 1 heterocycles. The molecule has 0 saturated carbocycles. The fourth-order valence-corrected chi connectivity index (χ4v) is 2.94. The number of para-hydroxylation sites is 1. The first-order valence-corrected chi connectivity index (χ1v) is 7.65. The van der Waals surface area contributed by atoms with Gasteiger partial charge in [-0.05, 0) is 36.8 Å². The van der Waals surface area contributed by atoms with Gasteiger partial charge in [0.05, 0.1) is 25.4 Å². The zero-order valence-corrected chi connectivity index (χ0v) is 14.3. The largest absolute Gasteiger partial charge is 0.496 e. The fraction of sp³-hybridized carbons (Fsp3) is 0.263. The number of hydrogen-bond donors (Lipinski definition) is 1. The Bertz CT molecular complexity index is 854. The summed E-state index contributed by atoms with van der Waals surface area (Å²) < 4.78 is 21.8. The molecule has 1 N–H and O–H groups in total. The number of aromatic amines is 1. The van der Waals surface area contributed by atoms with Crippen LogP contribution in [0.15, 0.2) is 36.4 Å². The lowest BCUT2D eigenvalue weighted by Gasteiger charge is -2.12. The van der Waals surface area contributed by atoms with Gasteiger partial charge in [-0.2, -0.15) is 0 Å². The first-order valence-electron chi connectivity index (χ1n) is 7.65. The summed E-state index contributed by atoms with van der Waals surface area (Å²) in [5.74, 6) is 2.17. The van der Waals surface area contributed by atoms with Crippen LogP contribution in [0.1, 0.15) is 5.56 Å². The lowest BCUT2D eigenvalue weighted by molar-refractivity contribution is 0.0503. The summed E-state index contributed by atoms with van der Waals surface area (Å²) in [5.41, 5.74) is 4.04. The molecule has 0 unspecified atom stereocenters. The van der Waals surface area contributed by atoms with E-state index in [0.717, 1.165) is 33.5 Å². The van der Waals surface area contributed by atoms with E-state index in [-0.39, 0.29) is 6.79 Å². The molecule has 0 spiro atoms. The molecule has 0 aliphatic carbocycles. The summed E-state index contributed by atoms with van der Waals surface area (Å²) in [7, 11) is 4.90. The van der Waals surface area contributed by atoms with Gasteiger partial charge in [-0.3, -0.25) is 0 Å². The molecule has 0 radical (unpaired) electrons. The minimum atomic E-state index is 0.157.